The van der Waals surface area contributed by atoms with Gasteiger partial charge in [0, 0.05) is 11.3 Å². The molecule has 0 aromatic heterocycles. The van der Waals surface area contributed by atoms with E-state index in [0.717, 1.165) is 12.1 Å². The molecule has 0 bridgehead atoms. The van der Waals surface area contributed by atoms with E-state index in [-0.39, 0.29) is 5.75 Å². The average molecular weight is 270 g/mol. The Hall–Kier alpha value is -1.11. The van der Waals surface area contributed by atoms with Crippen LogP contribution in [0.15, 0.2) is 18.2 Å². The van der Waals surface area contributed by atoms with E-state index in [1.807, 2.05) is 0 Å². The molecule has 0 aliphatic carbocycles. The van der Waals surface area contributed by atoms with Gasteiger partial charge in [0.15, 0.2) is 9.84 Å². The number of alkyl halides is 3. The van der Waals surface area contributed by atoms with Crippen LogP contribution in [-0.4, -0.2) is 14.2 Å². The van der Waals surface area contributed by atoms with Crippen molar-refractivity contribution >= 4 is 9.84 Å². The summed E-state index contributed by atoms with van der Waals surface area (Å²) >= 11 is 0. The molecule has 0 saturated heterocycles. The molecule has 96 valence electrons. The monoisotopic (exact) mass is 270 g/mol. The minimum Gasteiger partial charge on any atom is -0.229 e. The Labute approximate surface area is 96.2 Å². The van der Waals surface area contributed by atoms with Gasteiger partial charge in [0.25, 0.3) is 0 Å². The number of hydrogen-bond donors (Lipinski definition) is 0. The van der Waals surface area contributed by atoms with Gasteiger partial charge in [-0.25, -0.2) is 12.8 Å². The van der Waals surface area contributed by atoms with Crippen molar-refractivity contribution in [1.82, 2.24) is 0 Å². The fourth-order valence-corrected chi connectivity index (χ4v) is 2.23. The van der Waals surface area contributed by atoms with Crippen LogP contribution in [-0.2, 0) is 21.8 Å². The summed E-state index contributed by atoms with van der Waals surface area (Å²) < 4.78 is 73.5. The predicted molar refractivity (Wildman–Crippen MR) is 54.6 cm³/mol. The molecular formula is C10H10F4O2S. The highest BCUT2D eigenvalue weighted by Gasteiger charge is 2.35. The molecule has 0 aliphatic heterocycles. The Balaban J connectivity index is 3.32. The van der Waals surface area contributed by atoms with Crippen molar-refractivity contribution < 1.29 is 26.0 Å². The normalized spacial score (nSPS) is 12.8. The highest BCUT2D eigenvalue weighted by molar-refractivity contribution is 7.90. The maximum absolute atomic E-state index is 13.3. The summed E-state index contributed by atoms with van der Waals surface area (Å²) in [5.74, 6) is -2.43. The van der Waals surface area contributed by atoms with Gasteiger partial charge in [-0.1, -0.05) is 13.0 Å². The lowest BCUT2D eigenvalue weighted by atomic mass is 10.1. The Bertz CT molecular complexity index is 506. The lowest BCUT2D eigenvalue weighted by Gasteiger charge is -2.13. The first kappa shape index (κ1) is 14.0. The van der Waals surface area contributed by atoms with E-state index >= 15 is 0 Å². The third kappa shape index (κ3) is 3.42. The first-order chi connectivity index (χ1) is 7.67. The summed E-state index contributed by atoms with van der Waals surface area (Å²) in [4.78, 5) is 0. The molecule has 0 saturated carbocycles. The standard InChI is InChI=1S/C10H10F4O2S/c1-2-17(15,16)6-7-8(10(12,13)14)4-3-5-9(7)11/h3-5H,2,6H2,1H3. The molecule has 0 aliphatic rings. The average Bonchev–Trinajstić information content (AvgIpc) is 2.19. The lowest BCUT2D eigenvalue weighted by molar-refractivity contribution is -0.138. The summed E-state index contributed by atoms with van der Waals surface area (Å²) in [6.45, 7) is 1.30. The van der Waals surface area contributed by atoms with Crippen molar-refractivity contribution in [3.63, 3.8) is 0 Å². The topological polar surface area (TPSA) is 34.1 Å². The SMILES string of the molecule is CCS(=O)(=O)Cc1c(F)cccc1C(F)(F)F. The van der Waals surface area contributed by atoms with Crippen molar-refractivity contribution in [2.45, 2.75) is 18.9 Å². The smallest absolute Gasteiger partial charge is 0.229 e. The van der Waals surface area contributed by atoms with Crippen LogP contribution in [0.1, 0.15) is 18.1 Å². The van der Waals surface area contributed by atoms with Gasteiger partial charge in [-0.15, -0.1) is 0 Å². The number of benzene rings is 1. The maximum atomic E-state index is 13.3. The molecule has 1 rings (SSSR count). The molecule has 0 unspecified atom stereocenters. The molecule has 1 aromatic carbocycles. The van der Waals surface area contributed by atoms with Crippen molar-refractivity contribution in [3.05, 3.63) is 35.1 Å². The fraction of sp³-hybridized carbons (Fsp3) is 0.400. The minimum absolute atomic E-state index is 0.335. The molecule has 0 radical (unpaired) electrons. The van der Waals surface area contributed by atoms with Gasteiger partial charge in [-0.3, -0.25) is 0 Å². The van der Waals surface area contributed by atoms with Gasteiger partial charge in [-0.2, -0.15) is 13.2 Å². The summed E-state index contributed by atoms with van der Waals surface area (Å²) in [6.07, 6.45) is -4.76. The molecule has 2 nitrogen and oxygen atoms in total. The van der Waals surface area contributed by atoms with E-state index in [0.29, 0.717) is 6.07 Å². The first-order valence-electron chi connectivity index (χ1n) is 4.72. The largest absolute Gasteiger partial charge is 0.416 e. The molecule has 0 heterocycles. The molecule has 0 fully saturated rings. The zero-order chi connectivity index (χ0) is 13.3. The second-order valence-electron chi connectivity index (χ2n) is 3.44. The van der Waals surface area contributed by atoms with Crippen molar-refractivity contribution in [3.8, 4) is 0 Å². The van der Waals surface area contributed by atoms with Gasteiger partial charge in [0.05, 0.1) is 11.3 Å². The van der Waals surface area contributed by atoms with E-state index in [1.54, 1.807) is 0 Å². The van der Waals surface area contributed by atoms with Crippen LogP contribution in [0.2, 0.25) is 0 Å². The van der Waals surface area contributed by atoms with E-state index in [2.05, 4.69) is 0 Å². The summed E-state index contributed by atoms with van der Waals surface area (Å²) in [6, 6.07) is 2.39. The molecule has 0 atom stereocenters. The molecule has 7 heteroatoms. The molecule has 0 spiro atoms. The number of halogens is 4. The number of hydrogen-bond acceptors (Lipinski definition) is 2. The van der Waals surface area contributed by atoms with E-state index < -0.39 is 38.7 Å². The zero-order valence-corrected chi connectivity index (χ0v) is 9.70. The van der Waals surface area contributed by atoms with Gasteiger partial charge in [-0.05, 0) is 12.1 Å². The van der Waals surface area contributed by atoms with Crippen LogP contribution in [0.3, 0.4) is 0 Å². The molecule has 17 heavy (non-hydrogen) atoms. The van der Waals surface area contributed by atoms with Crippen LogP contribution in [0.25, 0.3) is 0 Å². The Morgan fingerprint density at radius 3 is 2.29 bits per heavy atom. The van der Waals surface area contributed by atoms with Gasteiger partial charge in [0.2, 0.25) is 0 Å². The molecule has 0 N–H and O–H groups in total. The van der Waals surface area contributed by atoms with Gasteiger partial charge in [0.1, 0.15) is 5.82 Å². The third-order valence-electron chi connectivity index (χ3n) is 2.23. The third-order valence-corrected chi connectivity index (χ3v) is 3.84. The quantitative estimate of drug-likeness (QED) is 0.791. The number of sulfone groups is 1. The summed E-state index contributed by atoms with van der Waals surface area (Å²) in [5.41, 5.74) is -2.06. The van der Waals surface area contributed by atoms with Gasteiger partial charge >= 0.3 is 6.18 Å². The highest BCUT2D eigenvalue weighted by Crippen LogP contribution is 2.33. The summed E-state index contributed by atoms with van der Waals surface area (Å²) in [5, 5.41) is 0. The van der Waals surface area contributed by atoms with Crippen LogP contribution < -0.4 is 0 Å². The zero-order valence-electron chi connectivity index (χ0n) is 8.88. The van der Waals surface area contributed by atoms with Crippen LogP contribution in [0.4, 0.5) is 17.6 Å². The molecular weight excluding hydrogens is 260 g/mol. The predicted octanol–water partition coefficient (Wildman–Crippen LogP) is 2.78. The molecule has 1 aromatic rings. The van der Waals surface area contributed by atoms with Gasteiger partial charge < -0.3 is 0 Å². The maximum Gasteiger partial charge on any atom is 0.416 e. The van der Waals surface area contributed by atoms with E-state index in [1.165, 1.54) is 6.92 Å². The van der Waals surface area contributed by atoms with Crippen molar-refractivity contribution in [1.29, 1.82) is 0 Å². The Morgan fingerprint density at radius 2 is 1.82 bits per heavy atom. The van der Waals surface area contributed by atoms with Crippen LogP contribution >= 0.6 is 0 Å². The van der Waals surface area contributed by atoms with Crippen LogP contribution in [0.5, 0.6) is 0 Å². The second-order valence-corrected chi connectivity index (χ2v) is 5.79. The number of rotatable bonds is 3. The second kappa shape index (κ2) is 4.64. The van der Waals surface area contributed by atoms with E-state index in [9.17, 15) is 26.0 Å². The first-order valence-corrected chi connectivity index (χ1v) is 6.54. The van der Waals surface area contributed by atoms with E-state index in [4.69, 9.17) is 0 Å². The summed E-state index contributed by atoms with van der Waals surface area (Å²) in [7, 11) is -3.72. The lowest BCUT2D eigenvalue weighted by Crippen LogP contribution is -2.15. The Kier molecular flexibility index (Phi) is 3.81. The Morgan fingerprint density at radius 1 is 1.24 bits per heavy atom. The minimum atomic E-state index is -4.76. The van der Waals surface area contributed by atoms with Crippen molar-refractivity contribution in [2.75, 3.05) is 5.75 Å². The fourth-order valence-electron chi connectivity index (χ4n) is 1.29. The van der Waals surface area contributed by atoms with Crippen molar-refractivity contribution in [2.24, 2.45) is 0 Å². The van der Waals surface area contributed by atoms with Crippen LogP contribution in [0, 0.1) is 5.82 Å². The highest BCUT2D eigenvalue weighted by atomic mass is 32.2. The molecule has 0 amide bonds.